The Labute approximate surface area is 139 Å². The second-order valence-electron chi connectivity index (χ2n) is 5.39. The molecule has 3 aromatic heterocycles. The van der Waals surface area contributed by atoms with E-state index < -0.39 is 16.2 Å². The average Bonchev–Trinajstić information content (AvgIpc) is 3.17. The van der Waals surface area contributed by atoms with Crippen LogP contribution in [0.3, 0.4) is 0 Å². The first kappa shape index (κ1) is 16.1. The van der Waals surface area contributed by atoms with Crippen LogP contribution in [0.1, 0.15) is 18.9 Å². The van der Waals surface area contributed by atoms with Gasteiger partial charge in [0.25, 0.3) is 5.56 Å². The molecule has 0 radical (unpaired) electrons. The Hall–Kier alpha value is -2.75. The van der Waals surface area contributed by atoms with E-state index in [1.165, 1.54) is 10.6 Å². The molecule has 0 aromatic carbocycles. The van der Waals surface area contributed by atoms with Gasteiger partial charge in [-0.1, -0.05) is 18.3 Å². The van der Waals surface area contributed by atoms with Gasteiger partial charge in [-0.3, -0.25) is 24.0 Å². The molecule has 3 heterocycles. The van der Waals surface area contributed by atoms with Gasteiger partial charge in [-0.15, -0.1) is 0 Å². The highest BCUT2D eigenvalue weighted by atomic mass is 32.1. The minimum absolute atomic E-state index is 0.0108. The van der Waals surface area contributed by atoms with Crippen LogP contribution < -0.4 is 11.2 Å². The summed E-state index contributed by atoms with van der Waals surface area (Å²) in [6.07, 6.45) is 2.37. The number of aromatic nitrogens is 4. The van der Waals surface area contributed by atoms with Gasteiger partial charge in [0, 0.05) is 25.0 Å². The Morgan fingerprint density at radius 3 is 2.75 bits per heavy atom. The zero-order valence-electron chi connectivity index (χ0n) is 13.1. The van der Waals surface area contributed by atoms with Gasteiger partial charge in [0.2, 0.25) is 0 Å². The van der Waals surface area contributed by atoms with Crippen LogP contribution in [0.15, 0.2) is 27.4 Å². The highest BCUT2D eigenvalue weighted by Crippen LogP contribution is 2.22. The molecular formula is C14H15N5O4S. The fourth-order valence-corrected chi connectivity index (χ4v) is 3.32. The van der Waals surface area contributed by atoms with Crippen LogP contribution in [0.2, 0.25) is 0 Å². The highest BCUT2D eigenvalue weighted by molar-refractivity contribution is 7.13. The van der Waals surface area contributed by atoms with Crippen molar-refractivity contribution < 1.29 is 4.92 Å². The lowest BCUT2D eigenvalue weighted by Gasteiger charge is -2.08. The van der Waals surface area contributed by atoms with Crippen molar-refractivity contribution in [2.45, 2.75) is 26.4 Å². The first-order valence-electron chi connectivity index (χ1n) is 7.30. The second kappa shape index (κ2) is 6.04. The number of hydrogen-bond donors (Lipinski definition) is 0. The van der Waals surface area contributed by atoms with Gasteiger partial charge in [-0.25, -0.2) is 9.78 Å². The fourth-order valence-electron chi connectivity index (χ4n) is 2.60. The normalized spacial score (nSPS) is 11.2. The van der Waals surface area contributed by atoms with Gasteiger partial charge in [0.05, 0.1) is 17.8 Å². The molecule has 0 unspecified atom stereocenters. The molecule has 3 rings (SSSR count). The van der Waals surface area contributed by atoms with Gasteiger partial charge in [0.1, 0.15) is 0 Å². The molecular weight excluding hydrogens is 334 g/mol. The molecule has 24 heavy (non-hydrogen) atoms. The van der Waals surface area contributed by atoms with Crippen LogP contribution in [-0.2, 0) is 20.1 Å². The third-order valence-electron chi connectivity index (χ3n) is 3.73. The zero-order chi connectivity index (χ0) is 17.4. The molecule has 0 aliphatic rings. The van der Waals surface area contributed by atoms with E-state index in [9.17, 15) is 19.7 Å². The molecule has 0 saturated heterocycles. The van der Waals surface area contributed by atoms with Crippen molar-refractivity contribution in [1.82, 2.24) is 18.7 Å². The molecule has 126 valence electrons. The summed E-state index contributed by atoms with van der Waals surface area (Å²) >= 11 is 0.969. The van der Waals surface area contributed by atoms with Gasteiger partial charge >= 0.3 is 10.7 Å². The molecule has 9 nitrogen and oxygen atoms in total. The molecule has 0 N–H and O–H groups in total. The summed E-state index contributed by atoms with van der Waals surface area (Å²) in [7, 11) is 1.56. The molecule has 3 aromatic rings. The van der Waals surface area contributed by atoms with Crippen LogP contribution in [0.25, 0.3) is 11.2 Å². The van der Waals surface area contributed by atoms with E-state index in [-0.39, 0.29) is 11.5 Å². The van der Waals surface area contributed by atoms with Crippen LogP contribution >= 0.6 is 11.3 Å². The van der Waals surface area contributed by atoms with E-state index in [2.05, 4.69) is 4.98 Å². The lowest BCUT2D eigenvalue weighted by molar-refractivity contribution is -0.380. The minimum Gasteiger partial charge on any atom is -0.325 e. The van der Waals surface area contributed by atoms with Crippen LogP contribution in [0.5, 0.6) is 0 Å². The number of fused-ring (bicyclic) bond motifs is 1. The quantitative estimate of drug-likeness (QED) is 0.510. The SMILES string of the molecule is CCCn1cnc2c1c(=O)n(Cc1csc([N+](=O)[O-])c1)c(=O)n2C. The number of nitro groups is 1. The summed E-state index contributed by atoms with van der Waals surface area (Å²) < 4.78 is 4.13. The van der Waals surface area contributed by atoms with Gasteiger partial charge in [0.15, 0.2) is 11.2 Å². The Morgan fingerprint density at radius 2 is 2.12 bits per heavy atom. The van der Waals surface area contributed by atoms with E-state index in [4.69, 9.17) is 0 Å². The molecule has 0 bridgehead atoms. The summed E-state index contributed by atoms with van der Waals surface area (Å²) in [4.78, 5) is 39.7. The first-order chi connectivity index (χ1) is 11.4. The van der Waals surface area contributed by atoms with E-state index in [1.54, 1.807) is 23.3 Å². The zero-order valence-corrected chi connectivity index (χ0v) is 13.9. The average molecular weight is 349 g/mol. The van der Waals surface area contributed by atoms with E-state index in [1.807, 2.05) is 6.92 Å². The van der Waals surface area contributed by atoms with Crippen LogP contribution in [-0.4, -0.2) is 23.6 Å². The molecule has 0 aliphatic carbocycles. The van der Waals surface area contributed by atoms with E-state index in [0.29, 0.717) is 23.3 Å². The molecule has 0 saturated carbocycles. The van der Waals surface area contributed by atoms with Crippen molar-refractivity contribution in [2.24, 2.45) is 7.05 Å². The van der Waals surface area contributed by atoms with Crippen molar-refractivity contribution in [3.63, 3.8) is 0 Å². The summed E-state index contributed by atoms with van der Waals surface area (Å²) in [5, 5.41) is 12.3. The van der Waals surface area contributed by atoms with Crippen molar-refractivity contribution in [3.05, 3.63) is 54.3 Å². The fraction of sp³-hybridized carbons (Fsp3) is 0.357. The van der Waals surface area contributed by atoms with Crippen LogP contribution in [0, 0.1) is 10.1 Å². The van der Waals surface area contributed by atoms with Crippen molar-refractivity contribution in [3.8, 4) is 0 Å². The number of rotatable bonds is 5. The maximum Gasteiger partial charge on any atom is 0.332 e. The standard InChI is InChI=1S/C14H15N5O4S/c1-3-4-17-8-15-12-11(17)13(20)18(14(21)16(12)2)6-9-5-10(19(22)23)24-7-9/h5,7-8H,3-4,6H2,1-2H3. The Morgan fingerprint density at radius 1 is 1.38 bits per heavy atom. The monoisotopic (exact) mass is 349 g/mol. The van der Waals surface area contributed by atoms with Crippen molar-refractivity contribution in [2.75, 3.05) is 0 Å². The molecule has 0 spiro atoms. The molecule has 10 heteroatoms. The molecule has 0 amide bonds. The third kappa shape index (κ3) is 2.54. The molecule has 0 atom stereocenters. The van der Waals surface area contributed by atoms with E-state index >= 15 is 0 Å². The maximum atomic E-state index is 12.8. The summed E-state index contributed by atoms with van der Waals surface area (Å²) in [5.41, 5.74) is 0.317. The van der Waals surface area contributed by atoms with Gasteiger partial charge < -0.3 is 4.57 Å². The number of nitrogens with zero attached hydrogens (tertiary/aromatic N) is 5. The highest BCUT2D eigenvalue weighted by Gasteiger charge is 2.17. The van der Waals surface area contributed by atoms with Gasteiger partial charge in [-0.05, 0) is 12.0 Å². The number of thiophene rings is 1. The Bertz CT molecular complexity index is 1040. The van der Waals surface area contributed by atoms with Crippen LogP contribution in [0.4, 0.5) is 5.00 Å². The summed E-state index contributed by atoms with van der Waals surface area (Å²) in [5.74, 6) is 0. The molecule has 0 aliphatic heterocycles. The summed E-state index contributed by atoms with van der Waals surface area (Å²) in [6, 6.07) is 1.38. The lowest BCUT2D eigenvalue weighted by Crippen LogP contribution is -2.39. The molecule has 0 fully saturated rings. The number of aryl methyl sites for hydroxylation is 2. The summed E-state index contributed by atoms with van der Waals surface area (Å²) in [6.45, 7) is 2.59. The minimum atomic E-state index is -0.497. The number of imidazole rings is 1. The number of hydrogen-bond acceptors (Lipinski definition) is 6. The largest absolute Gasteiger partial charge is 0.332 e. The van der Waals surface area contributed by atoms with Gasteiger partial charge in [-0.2, -0.15) is 0 Å². The van der Waals surface area contributed by atoms with Crippen molar-refractivity contribution >= 4 is 27.5 Å². The van der Waals surface area contributed by atoms with E-state index in [0.717, 1.165) is 22.3 Å². The first-order valence-corrected chi connectivity index (χ1v) is 8.18. The predicted molar refractivity (Wildman–Crippen MR) is 89.6 cm³/mol. The second-order valence-corrected chi connectivity index (χ2v) is 6.28. The van der Waals surface area contributed by atoms with Crippen molar-refractivity contribution in [1.29, 1.82) is 0 Å². The maximum absolute atomic E-state index is 12.8. The smallest absolute Gasteiger partial charge is 0.325 e. The third-order valence-corrected chi connectivity index (χ3v) is 4.66. The lowest BCUT2D eigenvalue weighted by atomic mass is 10.3. The predicted octanol–water partition coefficient (Wildman–Crippen LogP) is 1.32. The Kier molecular flexibility index (Phi) is 4.06. The topological polar surface area (TPSA) is 105 Å². The Balaban J connectivity index is 2.16.